The van der Waals surface area contributed by atoms with Gasteiger partial charge in [-0.25, -0.2) is 0 Å². The van der Waals surface area contributed by atoms with Crippen molar-refractivity contribution < 1.29 is 14.3 Å². The monoisotopic (exact) mass is 448 g/mol. The Hall–Kier alpha value is -2.70. The number of fused-ring (bicyclic) bond motifs is 1. The number of carbonyl (C=O) groups excluding carboxylic acids is 2. The second-order valence-electron chi connectivity index (χ2n) is 8.90. The fourth-order valence-corrected chi connectivity index (χ4v) is 6.21. The molecule has 3 aromatic rings. The maximum Gasteiger partial charge on any atom is 0.311 e. The van der Waals surface area contributed by atoms with Gasteiger partial charge in [-0.05, 0) is 46.7 Å². The van der Waals surface area contributed by atoms with Crippen molar-refractivity contribution in [3.63, 3.8) is 0 Å². The van der Waals surface area contributed by atoms with Gasteiger partial charge in [-0.15, -0.1) is 11.3 Å². The molecule has 1 unspecified atom stereocenters. The zero-order valence-corrected chi connectivity index (χ0v) is 19.1. The van der Waals surface area contributed by atoms with Crippen LogP contribution in [0.25, 0.3) is 10.8 Å². The second-order valence-corrected chi connectivity index (χ2v) is 9.93. The first-order valence-electron chi connectivity index (χ1n) is 11.2. The van der Waals surface area contributed by atoms with Crippen molar-refractivity contribution >= 4 is 34.0 Å². The predicted molar refractivity (Wildman–Crippen MR) is 126 cm³/mol. The minimum atomic E-state index is -0.470. The van der Waals surface area contributed by atoms with Crippen molar-refractivity contribution in [1.29, 1.82) is 0 Å². The lowest BCUT2D eigenvalue weighted by Crippen LogP contribution is -2.57. The molecule has 0 saturated carbocycles. The first-order valence-corrected chi connectivity index (χ1v) is 12.1. The molecule has 2 saturated heterocycles. The number of hydrogen-bond acceptors (Lipinski definition) is 5. The lowest BCUT2D eigenvalue weighted by molar-refractivity contribution is -0.150. The molecule has 1 spiro atoms. The van der Waals surface area contributed by atoms with Crippen molar-refractivity contribution in [1.82, 2.24) is 9.80 Å². The summed E-state index contributed by atoms with van der Waals surface area (Å²) in [5.74, 6) is -0.601. The summed E-state index contributed by atoms with van der Waals surface area (Å²) < 4.78 is 5.15. The Labute approximate surface area is 192 Å². The lowest BCUT2D eigenvalue weighted by Gasteiger charge is -2.47. The van der Waals surface area contributed by atoms with E-state index in [4.69, 9.17) is 4.74 Å². The van der Waals surface area contributed by atoms with E-state index < -0.39 is 11.5 Å². The van der Waals surface area contributed by atoms with Gasteiger partial charge in [0.05, 0.1) is 18.6 Å². The molecule has 2 aliphatic heterocycles. The molecule has 0 aliphatic carbocycles. The van der Waals surface area contributed by atoms with Crippen LogP contribution in [0.1, 0.15) is 29.7 Å². The number of methoxy groups -OCH3 is 1. The smallest absolute Gasteiger partial charge is 0.311 e. The third kappa shape index (κ3) is 3.82. The average Bonchev–Trinajstić information content (AvgIpc) is 3.42. The van der Waals surface area contributed by atoms with Crippen LogP contribution in [0.5, 0.6) is 0 Å². The number of piperidine rings is 1. The molecular weight excluding hydrogens is 420 g/mol. The number of ether oxygens (including phenoxy) is 1. The number of rotatable bonds is 5. The van der Waals surface area contributed by atoms with Gasteiger partial charge < -0.3 is 9.64 Å². The zero-order chi connectivity index (χ0) is 22.1. The summed E-state index contributed by atoms with van der Waals surface area (Å²) >= 11 is 1.77. The number of amides is 1. The first-order chi connectivity index (χ1) is 15.6. The van der Waals surface area contributed by atoms with Crippen LogP contribution >= 0.6 is 11.3 Å². The van der Waals surface area contributed by atoms with Gasteiger partial charge in [0.1, 0.15) is 0 Å². The van der Waals surface area contributed by atoms with Crippen molar-refractivity contribution in [3.05, 3.63) is 70.4 Å². The van der Waals surface area contributed by atoms with Crippen LogP contribution in [0.15, 0.2) is 60.0 Å². The molecule has 0 N–H and O–H groups in total. The Bertz CT molecular complexity index is 1120. The third-order valence-electron chi connectivity index (χ3n) is 7.19. The highest BCUT2D eigenvalue weighted by Gasteiger charge is 2.56. The van der Waals surface area contributed by atoms with Crippen LogP contribution in [0.3, 0.4) is 0 Å². The second kappa shape index (κ2) is 8.68. The molecule has 6 heteroatoms. The standard InChI is InChI=1S/C26H28N2O3S/c1-31-25(30)23-16-24(29)28(17-19-8-9-20-5-2-3-6-21(20)15-19)26(23)10-12-27(13-11-26)18-22-7-4-14-32-22/h2-9,14-15,23H,10-13,16-18H2,1H3. The van der Waals surface area contributed by atoms with Crippen LogP contribution in [0.2, 0.25) is 0 Å². The van der Waals surface area contributed by atoms with Crippen LogP contribution in [-0.2, 0) is 27.4 Å². The Morgan fingerprint density at radius 3 is 2.56 bits per heavy atom. The predicted octanol–water partition coefficient (Wildman–Crippen LogP) is 4.46. The van der Waals surface area contributed by atoms with Gasteiger partial charge in [0.2, 0.25) is 5.91 Å². The van der Waals surface area contributed by atoms with E-state index in [-0.39, 0.29) is 18.3 Å². The topological polar surface area (TPSA) is 49.9 Å². The maximum atomic E-state index is 13.2. The van der Waals surface area contributed by atoms with Gasteiger partial charge in [-0.3, -0.25) is 14.5 Å². The molecule has 5 rings (SSSR count). The maximum absolute atomic E-state index is 13.2. The van der Waals surface area contributed by atoms with Gasteiger partial charge >= 0.3 is 5.97 Å². The minimum Gasteiger partial charge on any atom is -0.469 e. The summed E-state index contributed by atoms with van der Waals surface area (Å²) in [7, 11) is 1.43. The first kappa shape index (κ1) is 21.2. The molecule has 0 radical (unpaired) electrons. The Morgan fingerprint density at radius 1 is 1.06 bits per heavy atom. The van der Waals surface area contributed by atoms with Gasteiger partial charge in [0, 0.05) is 37.5 Å². The van der Waals surface area contributed by atoms with E-state index in [0.29, 0.717) is 6.54 Å². The summed E-state index contributed by atoms with van der Waals surface area (Å²) in [6.07, 6.45) is 1.82. The average molecular weight is 449 g/mol. The normalized spacial score (nSPS) is 20.8. The van der Waals surface area contributed by atoms with E-state index in [1.165, 1.54) is 22.8 Å². The highest BCUT2D eigenvalue weighted by atomic mass is 32.1. The van der Waals surface area contributed by atoms with Gasteiger partial charge in [-0.1, -0.05) is 42.5 Å². The number of thiophene rings is 1. The highest BCUT2D eigenvalue weighted by molar-refractivity contribution is 7.09. The zero-order valence-electron chi connectivity index (χ0n) is 18.3. The van der Waals surface area contributed by atoms with E-state index in [1.54, 1.807) is 11.3 Å². The quantitative estimate of drug-likeness (QED) is 0.541. The Balaban J connectivity index is 1.41. The number of benzene rings is 2. The molecule has 0 bridgehead atoms. The minimum absolute atomic E-state index is 0.0558. The molecule has 1 aromatic heterocycles. The van der Waals surface area contributed by atoms with E-state index >= 15 is 0 Å². The van der Waals surface area contributed by atoms with E-state index in [2.05, 4.69) is 52.7 Å². The fourth-order valence-electron chi connectivity index (χ4n) is 5.46. The molecule has 2 fully saturated rings. The molecule has 1 amide bonds. The number of esters is 1. The van der Waals surface area contributed by atoms with Crippen molar-refractivity contribution in [2.45, 2.75) is 37.9 Å². The molecule has 2 aromatic carbocycles. The van der Waals surface area contributed by atoms with Gasteiger partial charge in [-0.2, -0.15) is 0 Å². The summed E-state index contributed by atoms with van der Waals surface area (Å²) in [4.78, 5) is 31.7. The molecular formula is C26H28N2O3S. The molecule has 5 nitrogen and oxygen atoms in total. The summed E-state index contributed by atoms with van der Waals surface area (Å²) in [5, 5.41) is 4.46. The number of hydrogen-bond donors (Lipinski definition) is 0. The number of likely N-dealkylation sites (tertiary alicyclic amines) is 2. The van der Waals surface area contributed by atoms with Crippen LogP contribution < -0.4 is 0 Å². The van der Waals surface area contributed by atoms with Crippen LogP contribution in [0, 0.1) is 5.92 Å². The third-order valence-corrected chi connectivity index (χ3v) is 8.05. The van der Waals surface area contributed by atoms with Crippen molar-refractivity contribution in [3.8, 4) is 0 Å². The van der Waals surface area contributed by atoms with Crippen molar-refractivity contribution in [2.24, 2.45) is 5.92 Å². The van der Waals surface area contributed by atoms with Crippen molar-refractivity contribution in [2.75, 3.05) is 20.2 Å². The molecule has 166 valence electrons. The summed E-state index contributed by atoms with van der Waals surface area (Å²) in [6.45, 7) is 3.19. The number of carbonyl (C=O) groups is 2. The molecule has 32 heavy (non-hydrogen) atoms. The van der Waals surface area contributed by atoms with Gasteiger partial charge in [0.25, 0.3) is 0 Å². The molecule has 2 aliphatic rings. The van der Waals surface area contributed by atoms with Gasteiger partial charge in [0.15, 0.2) is 0 Å². The fraction of sp³-hybridized carbons (Fsp3) is 0.385. The molecule has 3 heterocycles. The summed E-state index contributed by atoms with van der Waals surface area (Å²) in [5.41, 5.74) is 0.629. The summed E-state index contributed by atoms with van der Waals surface area (Å²) in [6, 6.07) is 18.9. The Morgan fingerprint density at radius 2 is 1.84 bits per heavy atom. The lowest BCUT2D eigenvalue weighted by atomic mass is 9.76. The molecule has 1 atom stereocenters. The largest absolute Gasteiger partial charge is 0.469 e. The highest BCUT2D eigenvalue weighted by Crippen LogP contribution is 2.45. The van der Waals surface area contributed by atoms with E-state index in [9.17, 15) is 9.59 Å². The van der Waals surface area contributed by atoms with Crippen LogP contribution in [0.4, 0.5) is 0 Å². The van der Waals surface area contributed by atoms with E-state index in [1.807, 2.05) is 17.0 Å². The SMILES string of the molecule is COC(=O)C1CC(=O)N(Cc2ccc3ccccc3c2)C12CCN(Cc1cccs1)CC2. The van der Waals surface area contributed by atoms with E-state index in [0.717, 1.165) is 38.0 Å². The van der Waals surface area contributed by atoms with Crippen LogP contribution in [-0.4, -0.2) is 47.4 Å². The Kier molecular flexibility index (Phi) is 5.74. The number of nitrogens with zero attached hydrogens (tertiary/aromatic N) is 2.